The number of carbonyl (C=O) groups excluding carboxylic acids is 1. The van der Waals surface area contributed by atoms with Gasteiger partial charge in [-0.05, 0) is 37.1 Å². The first-order chi connectivity index (χ1) is 7.54. The fourth-order valence-electron chi connectivity index (χ4n) is 1.24. The van der Waals surface area contributed by atoms with Gasteiger partial charge in [0.2, 0.25) is 0 Å². The molecule has 88 valence electrons. The lowest BCUT2D eigenvalue weighted by Gasteiger charge is -2.09. The minimum atomic E-state index is -0.0744. The molecular weight excluding hydrogens is 289 g/mol. The van der Waals surface area contributed by atoms with Gasteiger partial charge in [-0.1, -0.05) is 22.9 Å². The van der Waals surface area contributed by atoms with Gasteiger partial charge in [0.1, 0.15) is 0 Å². The third kappa shape index (κ3) is 3.80. The summed E-state index contributed by atoms with van der Waals surface area (Å²) in [6.45, 7) is 4.46. The Balaban J connectivity index is 2.63. The van der Waals surface area contributed by atoms with Gasteiger partial charge in [-0.15, -0.1) is 11.6 Å². The number of halogens is 2. The van der Waals surface area contributed by atoms with Crippen molar-refractivity contribution in [1.29, 1.82) is 0 Å². The van der Waals surface area contributed by atoms with Crippen LogP contribution in [0.15, 0.2) is 22.7 Å². The number of aryl methyl sites for hydroxylation is 1. The molecular formula is C12H15BrClNO. The van der Waals surface area contributed by atoms with E-state index in [9.17, 15) is 4.79 Å². The third-order valence-electron chi connectivity index (χ3n) is 2.35. The molecule has 0 heterocycles. The van der Waals surface area contributed by atoms with Crippen LogP contribution in [-0.4, -0.2) is 17.8 Å². The fourth-order valence-corrected chi connectivity index (χ4v) is 1.56. The molecule has 1 unspecified atom stereocenters. The lowest BCUT2D eigenvalue weighted by Crippen LogP contribution is -2.29. The molecule has 0 fully saturated rings. The molecule has 0 aliphatic carbocycles. The second kappa shape index (κ2) is 6.26. The summed E-state index contributed by atoms with van der Waals surface area (Å²) in [5.41, 5.74) is 1.71. The highest BCUT2D eigenvalue weighted by molar-refractivity contribution is 9.10. The van der Waals surface area contributed by atoms with Crippen molar-refractivity contribution in [3.8, 4) is 0 Å². The maximum Gasteiger partial charge on any atom is 0.251 e. The minimum absolute atomic E-state index is 0.000459. The van der Waals surface area contributed by atoms with Gasteiger partial charge in [0.25, 0.3) is 5.91 Å². The van der Waals surface area contributed by atoms with Crippen LogP contribution in [0, 0.1) is 6.92 Å². The SMILES string of the molecule is CCC(Cl)CNC(=O)c1ccc(Br)c(C)c1. The van der Waals surface area contributed by atoms with Crippen molar-refractivity contribution in [3.63, 3.8) is 0 Å². The first kappa shape index (κ1) is 13.5. The monoisotopic (exact) mass is 303 g/mol. The summed E-state index contributed by atoms with van der Waals surface area (Å²) < 4.78 is 1.01. The van der Waals surface area contributed by atoms with E-state index < -0.39 is 0 Å². The Bertz CT molecular complexity index is 381. The van der Waals surface area contributed by atoms with E-state index >= 15 is 0 Å². The topological polar surface area (TPSA) is 29.1 Å². The van der Waals surface area contributed by atoms with Crippen LogP contribution in [0.25, 0.3) is 0 Å². The van der Waals surface area contributed by atoms with Crippen LogP contribution in [0.3, 0.4) is 0 Å². The summed E-state index contributed by atoms with van der Waals surface area (Å²) in [5, 5.41) is 2.81. The summed E-state index contributed by atoms with van der Waals surface area (Å²) >= 11 is 9.33. The van der Waals surface area contributed by atoms with Crippen LogP contribution in [0.4, 0.5) is 0 Å². The second-order valence-corrected chi connectivity index (χ2v) is 5.15. The Morgan fingerprint density at radius 1 is 1.56 bits per heavy atom. The fraction of sp³-hybridized carbons (Fsp3) is 0.417. The van der Waals surface area contributed by atoms with Gasteiger partial charge in [0, 0.05) is 16.6 Å². The number of amides is 1. The molecule has 0 spiro atoms. The normalized spacial score (nSPS) is 12.2. The first-order valence-corrected chi connectivity index (χ1v) is 6.46. The van der Waals surface area contributed by atoms with Crippen molar-refractivity contribution in [2.24, 2.45) is 0 Å². The summed E-state index contributed by atoms with van der Waals surface area (Å²) in [5.74, 6) is -0.0744. The molecule has 0 bridgehead atoms. The molecule has 0 aliphatic rings. The molecule has 0 radical (unpaired) electrons. The van der Waals surface area contributed by atoms with Crippen LogP contribution in [-0.2, 0) is 0 Å². The molecule has 1 aromatic rings. The molecule has 1 rings (SSSR count). The predicted octanol–water partition coefficient (Wildman–Crippen LogP) is 3.50. The van der Waals surface area contributed by atoms with Crippen LogP contribution < -0.4 is 5.32 Å². The Morgan fingerprint density at radius 2 is 2.25 bits per heavy atom. The molecule has 1 N–H and O–H groups in total. The summed E-state index contributed by atoms with van der Waals surface area (Å²) in [7, 11) is 0. The minimum Gasteiger partial charge on any atom is -0.351 e. The summed E-state index contributed by atoms with van der Waals surface area (Å²) in [6.07, 6.45) is 0.848. The molecule has 4 heteroatoms. The van der Waals surface area contributed by atoms with Crippen LogP contribution in [0.5, 0.6) is 0 Å². The second-order valence-electron chi connectivity index (χ2n) is 3.68. The zero-order chi connectivity index (χ0) is 12.1. The average Bonchev–Trinajstić information content (AvgIpc) is 2.29. The average molecular weight is 305 g/mol. The molecule has 16 heavy (non-hydrogen) atoms. The Morgan fingerprint density at radius 3 is 2.81 bits per heavy atom. The number of rotatable bonds is 4. The highest BCUT2D eigenvalue weighted by atomic mass is 79.9. The first-order valence-electron chi connectivity index (χ1n) is 5.23. The molecule has 0 aliphatic heterocycles. The quantitative estimate of drug-likeness (QED) is 0.848. The van der Waals surface area contributed by atoms with Gasteiger partial charge < -0.3 is 5.32 Å². The summed E-state index contributed by atoms with van der Waals surface area (Å²) in [4.78, 5) is 11.7. The molecule has 1 aromatic carbocycles. The highest BCUT2D eigenvalue weighted by Crippen LogP contribution is 2.17. The molecule has 0 aromatic heterocycles. The van der Waals surface area contributed by atoms with E-state index in [4.69, 9.17) is 11.6 Å². The number of hydrogen-bond acceptors (Lipinski definition) is 1. The van der Waals surface area contributed by atoms with E-state index in [1.165, 1.54) is 0 Å². The lowest BCUT2D eigenvalue weighted by atomic mass is 10.1. The van der Waals surface area contributed by atoms with Crippen LogP contribution in [0.1, 0.15) is 29.3 Å². The van der Waals surface area contributed by atoms with Crippen molar-refractivity contribution in [3.05, 3.63) is 33.8 Å². The van der Waals surface area contributed by atoms with Crippen molar-refractivity contribution in [1.82, 2.24) is 5.32 Å². The van der Waals surface area contributed by atoms with Gasteiger partial charge in [-0.2, -0.15) is 0 Å². The van der Waals surface area contributed by atoms with Crippen molar-refractivity contribution in [2.45, 2.75) is 25.6 Å². The van der Waals surface area contributed by atoms with E-state index in [0.29, 0.717) is 12.1 Å². The lowest BCUT2D eigenvalue weighted by molar-refractivity contribution is 0.0953. The number of alkyl halides is 1. The van der Waals surface area contributed by atoms with Gasteiger partial charge in [0.05, 0.1) is 5.38 Å². The van der Waals surface area contributed by atoms with Gasteiger partial charge in [-0.3, -0.25) is 4.79 Å². The van der Waals surface area contributed by atoms with E-state index in [-0.39, 0.29) is 11.3 Å². The maximum atomic E-state index is 11.7. The number of nitrogens with one attached hydrogen (secondary N) is 1. The van der Waals surface area contributed by atoms with E-state index in [0.717, 1.165) is 16.5 Å². The van der Waals surface area contributed by atoms with E-state index in [1.807, 2.05) is 26.0 Å². The van der Waals surface area contributed by atoms with Crippen LogP contribution >= 0.6 is 27.5 Å². The number of benzene rings is 1. The predicted molar refractivity (Wildman–Crippen MR) is 71.1 cm³/mol. The standard InChI is InChI=1S/C12H15BrClNO/c1-3-10(14)7-15-12(16)9-4-5-11(13)8(2)6-9/h4-6,10H,3,7H2,1-2H3,(H,15,16). The van der Waals surface area contributed by atoms with Gasteiger partial charge >= 0.3 is 0 Å². The third-order valence-corrected chi connectivity index (χ3v) is 3.70. The van der Waals surface area contributed by atoms with Crippen molar-refractivity contribution >= 4 is 33.4 Å². The zero-order valence-electron chi connectivity index (χ0n) is 9.39. The molecule has 2 nitrogen and oxygen atoms in total. The van der Waals surface area contributed by atoms with E-state index in [1.54, 1.807) is 6.07 Å². The number of carbonyl (C=O) groups is 1. The molecule has 0 saturated carbocycles. The Hall–Kier alpha value is -0.540. The largest absolute Gasteiger partial charge is 0.351 e. The van der Waals surface area contributed by atoms with Crippen LogP contribution in [0.2, 0.25) is 0 Å². The Labute approximate surface area is 110 Å². The zero-order valence-corrected chi connectivity index (χ0v) is 11.7. The smallest absolute Gasteiger partial charge is 0.251 e. The highest BCUT2D eigenvalue weighted by Gasteiger charge is 2.08. The Kier molecular flexibility index (Phi) is 5.29. The number of hydrogen-bond donors (Lipinski definition) is 1. The molecule has 1 atom stereocenters. The summed E-state index contributed by atoms with van der Waals surface area (Å²) in [6, 6.07) is 5.53. The molecule has 1 amide bonds. The van der Waals surface area contributed by atoms with Gasteiger partial charge in [-0.25, -0.2) is 0 Å². The van der Waals surface area contributed by atoms with Crippen molar-refractivity contribution < 1.29 is 4.79 Å². The van der Waals surface area contributed by atoms with Gasteiger partial charge in [0.15, 0.2) is 0 Å². The van der Waals surface area contributed by atoms with Crippen molar-refractivity contribution in [2.75, 3.05) is 6.54 Å². The maximum absolute atomic E-state index is 11.7. The van der Waals surface area contributed by atoms with E-state index in [2.05, 4.69) is 21.2 Å². The molecule has 0 saturated heterocycles.